The number of nitrogens with zero attached hydrogens (tertiary/aromatic N) is 2. The number of nitriles is 1. The Hall–Kier alpha value is -2.22. The Balaban J connectivity index is 1.55. The number of anilines is 1. The van der Waals surface area contributed by atoms with Gasteiger partial charge in [0.05, 0.1) is 23.9 Å². The first kappa shape index (κ1) is 16.3. The van der Waals surface area contributed by atoms with E-state index in [0.717, 1.165) is 31.2 Å². The van der Waals surface area contributed by atoms with Crippen molar-refractivity contribution < 1.29 is 9.53 Å². The molecule has 1 aromatic rings. The average Bonchev–Trinajstić information content (AvgIpc) is 2.80. The summed E-state index contributed by atoms with van der Waals surface area (Å²) >= 11 is 0. The lowest BCUT2D eigenvalue weighted by atomic mass is 9.68. The zero-order valence-electron chi connectivity index (χ0n) is 14.7. The summed E-state index contributed by atoms with van der Waals surface area (Å²) in [6, 6.07) is 7.62. The fourth-order valence-corrected chi connectivity index (χ4v) is 5.20. The lowest BCUT2D eigenvalue weighted by Gasteiger charge is -2.38. The SMILES string of the molecule is CCOc1ccc(C#N)cc1NC(=O)N1CC2CC3CC(C2)CC1C3. The Labute approximate surface area is 149 Å². The molecule has 2 atom stereocenters. The number of ether oxygens (including phenoxy) is 1. The molecule has 1 aromatic carbocycles. The van der Waals surface area contributed by atoms with Gasteiger partial charge in [0.15, 0.2) is 0 Å². The Morgan fingerprint density at radius 2 is 1.96 bits per heavy atom. The number of rotatable bonds is 3. The number of carbonyl (C=O) groups is 1. The molecule has 1 N–H and O–H groups in total. The highest BCUT2D eigenvalue weighted by molar-refractivity contribution is 5.91. The summed E-state index contributed by atoms with van der Waals surface area (Å²) < 4.78 is 5.62. The minimum absolute atomic E-state index is 0.0470. The number of carbonyl (C=O) groups excluding carboxylic acids is 1. The van der Waals surface area contributed by atoms with Crippen LogP contribution in [-0.4, -0.2) is 30.1 Å². The van der Waals surface area contributed by atoms with E-state index in [4.69, 9.17) is 10.00 Å². The first-order valence-electron chi connectivity index (χ1n) is 9.40. The smallest absolute Gasteiger partial charge is 0.322 e. The molecule has 2 aliphatic heterocycles. The van der Waals surface area contributed by atoms with Crippen molar-refractivity contribution in [3.63, 3.8) is 0 Å². The van der Waals surface area contributed by atoms with Crippen LogP contribution in [0.5, 0.6) is 5.75 Å². The van der Waals surface area contributed by atoms with E-state index in [0.29, 0.717) is 35.6 Å². The van der Waals surface area contributed by atoms with Gasteiger partial charge in [-0.3, -0.25) is 0 Å². The van der Waals surface area contributed by atoms with Crippen LogP contribution in [0.15, 0.2) is 18.2 Å². The van der Waals surface area contributed by atoms with Gasteiger partial charge < -0.3 is 15.0 Å². The molecule has 2 unspecified atom stereocenters. The third-order valence-corrected chi connectivity index (χ3v) is 6.02. The fraction of sp³-hybridized carbons (Fsp3) is 0.600. The lowest BCUT2D eigenvalue weighted by Crippen LogP contribution is -2.44. The van der Waals surface area contributed by atoms with Gasteiger partial charge >= 0.3 is 6.03 Å². The normalized spacial score (nSPS) is 29.8. The number of hydrogen-bond acceptors (Lipinski definition) is 3. The second kappa shape index (κ2) is 6.59. The van der Waals surface area contributed by atoms with Gasteiger partial charge in [0.2, 0.25) is 0 Å². The topological polar surface area (TPSA) is 65.4 Å². The van der Waals surface area contributed by atoms with E-state index in [1.54, 1.807) is 18.2 Å². The largest absolute Gasteiger partial charge is 0.492 e. The Morgan fingerprint density at radius 3 is 2.64 bits per heavy atom. The van der Waals surface area contributed by atoms with Crippen molar-refractivity contribution in [3.05, 3.63) is 23.8 Å². The third kappa shape index (κ3) is 3.18. The van der Waals surface area contributed by atoms with Crippen LogP contribution in [0.1, 0.15) is 44.6 Å². The van der Waals surface area contributed by atoms with E-state index < -0.39 is 0 Å². The molecule has 5 heteroatoms. The van der Waals surface area contributed by atoms with Crippen LogP contribution >= 0.6 is 0 Å². The van der Waals surface area contributed by atoms with Gasteiger partial charge in [0.1, 0.15) is 5.75 Å². The highest BCUT2D eigenvalue weighted by Gasteiger charge is 2.44. The predicted molar refractivity (Wildman–Crippen MR) is 95.4 cm³/mol. The number of nitrogens with one attached hydrogen (secondary N) is 1. The van der Waals surface area contributed by atoms with Gasteiger partial charge in [0, 0.05) is 12.6 Å². The molecule has 0 aromatic heterocycles. The molecule has 4 aliphatic rings. The predicted octanol–water partition coefficient (Wildman–Crippen LogP) is 4.00. The molecule has 4 fully saturated rings. The van der Waals surface area contributed by atoms with Crippen molar-refractivity contribution in [2.24, 2.45) is 17.8 Å². The Morgan fingerprint density at radius 1 is 1.24 bits per heavy atom. The first-order valence-corrected chi connectivity index (χ1v) is 9.40. The summed E-state index contributed by atoms with van der Waals surface area (Å²) in [5, 5.41) is 12.2. The maximum absolute atomic E-state index is 13.0. The number of amides is 2. The molecule has 0 radical (unpaired) electrons. The molecule has 2 aliphatic carbocycles. The van der Waals surface area contributed by atoms with E-state index in [9.17, 15) is 4.79 Å². The Bertz CT molecular complexity index is 697. The fourth-order valence-electron chi connectivity index (χ4n) is 5.20. The van der Waals surface area contributed by atoms with Crippen molar-refractivity contribution in [2.45, 2.75) is 45.1 Å². The zero-order valence-corrected chi connectivity index (χ0v) is 14.7. The number of benzene rings is 1. The van der Waals surface area contributed by atoms with Crippen LogP contribution < -0.4 is 10.1 Å². The van der Waals surface area contributed by atoms with Gasteiger partial charge in [-0.25, -0.2) is 4.79 Å². The van der Waals surface area contributed by atoms with Crippen molar-refractivity contribution in [1.29, 1.82) is 5.26 Å². The number of urea groups is 1. The molecule has 2 amide bonds. The van der Waals surface area contributed by atoms with E-state index in [1.165, 1.54) is 19.3 Å². The minimum Gasteiger partial charge on any atom is -0.492 e. The molecule has 132 valence electrons. The standard InChI is InChI=1S/C20H25N3O2/c1-2-25-19-4-3-13(11-21)10-18(19)22-20(24)23-12-16-6-14-5-15(7-16)9-17(23)8-14/h3-4,10,14-17H,2,5-9,12H2,1H3,(H,22,24). The molecule has 5 rings (SSSR count). The van der Waals surface area contributed by atoms with Gasteiger partial charge in [-0.05, 0) is 75.0 Å². The first-order chi connectivity index (χ1) is 12.2. The van der Waals surface area contributed by atoms with Crippen LogP contribution in [0.3, 0.4) is 0 Å². The second-order valence-corrected chi connectivity index (χ2v) is 7.77. The van der Waals surface area contributed by atoms with Gasteiger partial charge in [0.25, 0.3) is 0 Å². The van der Waals surface area contributed by atoms with Crippen LogP contribution in [0, 0.1) is 29.1 Å². The lowest BCUT2D eigenvalue weighted by molar-refractivity contribution is 0.136. The summed E-state index contributed by atoms with van der Waals surface area (Å²) in [4.78, 5) is 15.1. The maximum Gasteiger partial charge on any atom is 0.322 e. The van der Waals surface area contributed by atoms with Crippen molar-refractivity contribution in [3.8, 4) is 11.8 Å². The molecular weight excluding hydrogens is 314 g/mol. The third-order valence-electron chi connectivity index (χ3n) is 6.02. The van der Waals surface area contributed by atoms with Crippen LogP contribution in [0.2, 0.25) is 0 Å². The highest BCUT2D eigenvalue weighted by Crippen LogP contribution is 2.47. The molecular formula is C20H25N3O2. The summed E-state index contributed by atoms with van der Waals surface area (Å²) in [7, 11) is 0. The van der Waals surface area contributed by atoms with Crippen molar-refractivity contribution in [1.82, 2.24) is 4.90 Å². The Kier molecular flexibility index (Phi) is 4.29. The minimum atomic E-state index is -0.0470. The molecule has 2 saturated carbocycles. The molecule has 0 spiro atoms. The molecule has 2 saturated heterocycles. The van der Waals surface area contributed by atoms with Crippen molar-refractivity contribution in [2.75, 3.05) is 18.5 Å². The summed E-state index contributed by atoms with van der Waals surface area (Å²) in [6.45, 7) is 3.30. The van der Waals surface area contributed by atoms with Crippen molar-refractivity contribution >= 4 is 11.7 Å². The summed E-state index contributed by atoms with van der Waals surface area (Å²) in [5.74, 6) is 2.89. The van der Waals surface area contributed by atoms with Gasteiger partial charge in [-0.15, -0.1) is 0 Å². The van der Waals surface area contributed by atoms with E-state index >= 15 is 0 Å². The number of hydrogen-bond donors (Lipinski definition) is 1. The molecule has 5 nitrogen and oxygen atoms in total. The molecule has 25 heavy (non-hydrogen) atoms. The quantitative estimate of drug-likeness (QED) is 0.905. The second-order valence-electron chi connectivity index (χ2n) is 7.77. The average molecular weight is 339 g/mol. The van der Waals surface area contributed by atoms with Crippen LogP contribution in [0.4, 0.5) is 10.5 Å². The summed E-state index contributed by atoms with van der Waals surface area (Å²) in [6.07, 6.45) is 6.23. The summed E-state index contributed by atoms with van der Waals surface area (Å²) in [5.41, 5.74) is 1.12. The van der Waals surface area contributed by atoms with E-state index in [1.807, 2.05) is 6.92 Å². The monoisotopic (exact) mass is 339 g/mol. The molecule has 4 bridgehead atoms. The van der Waals surface area contributed by atoms with E-state index in [2.05, 4.69) is 16.3 Å². The van der Waals surface area contributed by atoms with E-state index in [-0.39, 0.29) is 6.03 Å². The van der Waals surface area contributed by atoms with Gasteiger partial charge in [-0.1, -0.05) is 0 Å². The number of fused-ring (bicyclic) bond motifs is 1. The zero-order chi connectivity index (χ0) is 17.4. The van der Waals surface area contributed by atoms with Gasteiger partial charge in [-0.2, -0.15) is 5.26 Å². The highest BCUT2D eigenvalue weighted by atomic mass is 16.5. The maximum atomic E-state index is 13.0. The molecule has 2 heterocycles. The van der Waals surface area contributed by atoms with Crippen LogP contribution in [0.25, 0.3) is 0 Å². The van der Waals surface area contributed by atoms with Crippen LogP contribution in [-0.2, 0) is 0 Å².